The molecule has 0 unspecified atom stereocenters. The molecule has 0 aliphatic heterocycles. The number of nitrogens with one attached hydrogen (secondary N) is 2. The van der Waals surface area contributed by atoms with E-state index in [0.29, 0.717) is 12.6 Å². The van der Waals surface area contributed by atoms with Crippen LogP contribution in [0.15, 0.2) is 24.4 Å². The van der Waals surface area contributed by atoms with Crippen LogP contribution in [0.25, 0.3) is 10.9 Å². The minimum atomic E-state index is 0.502. The highest BCUT2D eigenvalue weighted by atomic mass is 14.9. The first-order valence-electron chi connectivity index (χ1n) is 5.73. The maximum Gasteiger partial charge on any atom is 0.0457 e. The van der Waals surface area contributed by atoms with Gasteiger partial charge in [0.05, 0.1) is 0 Å². The molecule has 0 spiro atoms. The minimum Gasteiger partial charge on any atom is -0.361 e. The Hall–Kier alpha value is -1.32. The van der Waals surface area contributed by atoms with Crippen LogP contribution in [-0.2, 0) is 13.1 Å². The summed E-state index contributed by atoms with van der Waals surface area (Å²) >= 11 is 0. The first kappa shape index (κ1) is 11.2. The maximum absolute atomic E-state index is 5.66. The van der Waals surface area contributed by atoms with E-state index < -0.39 is 0 Å². The number of rotatable bonds is 4. The standard InChI is InChI=1S/C13H19N3/c1-9(2)15-7-11-8-16-13-4-3-10(6-14)5-12(11)13/h3-5,8-9,15-16H,6-7,14H2,1-2H3. The predicted molar refractivity (Wildman–Crippen MR) is 68.2 cm³/mol. The maximum atomic E-state index is 5.66. The molecule has 4 N–H and O–H groups in total. The van der Waals surface area contributed by atoms with Gasteiger partial charge in [-0.2, -0.15) is 0 Å². The van der Waals surface area contributed by atoms with Gasteiger partial charge in [-0.15, -0.1) is 0 Å². The summed E-state index contributed by atoms with van der Waals surface area (Å²) in [5.41, 5.74) is 9.32. The third-order valence-electron chi connectivity index (χ3n) is 2.77. The Morgan fingerprint density at radius 1 is 1.38 bits per heavy atom. The summed E-state index contributed by atoms with van der Waals surface area (Å²) in [5, 5.41) is 4.70. The molecule has 1 heterocycles. The number of aromatic amines is 1. The van der Waals surface area contributed by atoms with Crippen molar-refractivity contribution < 1.29 is 0 Å². The van der Waals surface area contributed by atoms with Crippen molar-refractivity contribution in [3.63, 3.8) is 0 Å². The van der Waals surface area contributed by atoms with Gasteiger partial charge in [0.1, 0.15) is 0 Å². The Kier molecular flexibility index (Phi) is 3.27. The lowest BCUT2D eigenvalue weighted by molar-refractivity contribution is 0.590. The van der Waals surface area contributed by atoms with Crippen LogP contribution in [0.1, 0.15) is 25.0 Å². The molecule has 0 saturated carbocycles. The highest BCUT2D eigenvalue weighted by Crippen LogP contribution is 2.19. The number of hydrogen-bond donors (Lipinski definition) is 3. The second-order valence-corrected chi connectivity index (χ2v) is 4.43. The Morgan fingerprint density at radius 3 is 2.88 bits per heavy atom. The van der Waals surface area contributed by atoms with E-state index in [1.54, 1.807) is 0 Å². The second-order valence-electron chi connectivity index (χ2n) is 4.43. The van der Waals surface area contributed by atoms with E-state index in [1.807, 2.05) is 0 Å². The topological polar surface area (TPSA) is 53.8 Å². The second kappa shape index (κ2) is 4.68. The zero-order chi connectivity index (χ0) is 11.5. The van der Waals surface area contributed by atoms with Crippen LogP contribution in [0.3, 0.4) is 0 Å². The van der Waals surface area contributed by atoms with Crippen molar-refractivity contribution in [1.82, 2.24) is 10.3 Å². The monoisotopic (exact) mass is 217 g/mol. The van der Waals surface area contributed by atoms with Crippen LogP contribution >= 0.6 is 0 Å². The molecule has 1 aromatic heterocycles. The molecule has 0 fully saturated rings. The molecular formula is C13H19N3. The van der Waals surface area contributed by atoms with Crippen molar-refractivity contribution in [2.45, 2.75) is 33.0 Å². The van der Waals surface area contributed by atoms with Crippen LogP contribution in [0.4, 0.5) is 0 Å². The molecule has 2 rings (SSSR count). The molecule has 16 heavy (non-hydrogen) atoms. The third-order valence-corrected chi connectivity index (χ3v) is 2.77. The van der Waals surface area contributed by atoms with Gasteiger partial charge in [0, 0.05) is 36.2 Å². The minimum absolute atomic E-state index is 0.502. The van der Waals surface area contributed by atoms with E-state index in [2.05, 4.69) is 48.5 Å². The lowest BCUT2D eigenvalue weighted by atomic mass is 10.1. The highest BCUT2D eigenvalue weighted by molar-refractivity contribution is 5.83. The van der Waals surface area contributed by atoms with E-state index in [1.165, 1.54) is 22.0 Å². The molecule has 0 aliphatic rings. The molecule has 2 aromatic rings. The van der Waals surface area contributed by atoms with Crippen LogP contribution in [0.2, 0.25) is 0 Å². The number of aromatic nitrogens is 1. The molecule has 3 heteroatoms. The number of nitrogens with two attached hydrogens (primary N) is 1. The Bertz CT molecular complexity index is 471. The normalized spacial score (nSPS) is 11.5. The average molecular weight is 217 g/mol. The fourth-order valence-electron chi connectivity index (χ4n) is 1.81. The summed E-state index contributed by atoms with van der Waals surface area (Å²) in [4.78, 5) is 3.28. The largest absolute Gasteiger partial charge is 0.361 e. The van der Waals surface area contributed by atoms with Gasteiger partial charge in [-0.25, -0.2) is 0 Å². The van der Waals surface area contributed by atoms with Crippen LogP contribution < -0.4 is 11.1 Å². The molecular weight excluding hydrogens is 198 g/mol. The van der Waals surface area contributed by atoms with Crippen molar-refractivity contribution in [2.75, 3.05) is 0 Å². The van der Waals surface area contributed by atoms with Crippen LogP contribution in [-0.4, -0.2) is 11.0 Å². The van der Waals surface area contributed by atoms with Gasteiger partial charge < -0.3 is 16.0 Å². The molecule has 0 bridgehead atoms. The van der Waals surface area contributed by atoms with E-state index in [-0.39, 0.29) is 0 Å². The van der Waals surface area contributed by atoms with Crippen molar-refractivity contribution in [1.29, 1.82) is 0 Å². The molecule has 0 radical (unpaired) electrons. The van der Waals surface area contributed by atoms with Gasteiger partial charge >= 0.3 is 0 Å². The van der Waals surface area contributed by atoms with Gasteiger partial charge in [-0.3, -0.25) is 0 Å². The summed E-state index contributed by atoms with van der Waals surface area (Å²) in [5.74, 6) is 0. The van der Waals surface area contributed by atoms with Gasteiger partial charge in [0.15, 0.2) is 0 Å². The van der Waals surface area contributed by atoms with Gasteiger partial charge in [0.25, 0.3) is 0 Å². The third kappa shape index (κ3) is 2.26. The first-order chi connectivity index (χ1) is 7.70. The van der Waals surface area contributed by atoms with Crippen LogP contribution in [0, 0.1) is 0 Å². The molecule has 0 saturated heterocycles. The highest BCUT2D eigenvalue weighted by Gasteiger charge is 2.04. The zero-order valence-corrected chi connectivity index (χ0v) is 9.88. The lowest BCUT2D eigenvalue weighted by Gasteiger charge is -2.07. The molecule has 3 nitrogen and oxygen atoms in total. The number of benzene rings is 1. The van der Waals surface area contributed by atoms with E-state index in [4.69, 9.17) is 5.73 Å². The Balaban J connectivity index is 2.30. The van der Waals surface area contributed by atoms with E-state index in [9.17, 15) is 0 Å². The smallest absolute Gasteiger partial charge is 0.0457 e. The number of fused-ring (bicyclic) bond motifs is 1. The molecule has 0 amide bonds. The summed E-state index contributed by atoms with van der Waals surface area (Å²) in [6, 6.07) is 6.83. The lowest BCUT2D eigenvalue weighted by Crippen LogP contribution is -2.21. The van der Waals surface area contributed by atoms with Gasteiger partial charge in [-0.1, -0.05) is 19.9 Å². The fourth-order valence-corrected chi connectivity index (χ4v) is 1.81. The molecule has 0 atom stereocenters. The van der Waals surface area contributed by atoms with E-state index in [0.717, 1.165) is 6.54 Å². The summed E-state index contributed by atoms with van der Waals surface area (Å²) in [6.07, 6.45) is 2.07. The fraction of sp³-hybridized carbons (Fsp3) is 0.385. The van der Waals surface area contributed by atoms with Gasteiger partial charge in [-0.05, 0) is 23.3 Å². The predicted octanol–water partition coefficient (Wildman–Crippen LogP) is 2.12. The van der Waals surface area contributed by atoms with Crippen molar-refractivity contribution in [3.05, 3.63) is 35.5 Å². The van der Waals surface area contributed by atoms with Crippen LogP contribution in [0.5, 0.6) is 0 Å². The van der Waals surface area contributed by atoms with E-state index >= 15 is 0 Å². The van der Waals surface area contributed by atoms with Gasteiger partial charge in [0.2, 0.25) is 0 Å². The SMILES string of the molecule is CC(C)NCc1c[nH]c2ccc(CN)cc12. The molecule has 86 valence electrons. The van der Waals surface area contributed by atoms with Crippen molar-refractivity contribution in [2.24, 2.45) is 5.73 Å². The summed E-state index contributed by atoms with van der Waals surface area (Å²) in [6.45, 7) is 5.80. The Labute approximate surface area is 96.0 Å². The summed E-state index contributed by atoms with van der Waals surface area (Å²) < 4.78 is 0. The molecule has 1 aromatic carbocycles. The zero-order valence-electron chi connectivity index (χ0n) is 9.88. The van der Waals surface area contributed by atoms with Crippen molar-refractivity contribution >= 4 is 10.9 Å². The molecule has 0 aliphatic carbocycles. The number of H-pyrrole nitrogens is 1. The number of hydrogen-bond acceptors (Lipinski definition) is 2. The quantitative estimate of drug-likeness (QED) is 0.734. The first-order valence-corrected chi connectivity index (χ1v) is 5.73. The Morgan fingerprint density at radius 2 is 2.19 bits per heavy atom. The summed E-state index contributed by atoms with van der Waals surface area (Å²) in [7, 11) is 0. The average Bonchev–Trinajstić information content (AvgIpc) is 2.68. The van der Waals surface area contributed by atoms with Crippen molar-refractivity contribution in [3.8, 4) is 0 Å².